The molecule has 0 N–H and O–H groups in total. The van der Waals surface area contributed by atoms with Crippen LogP contribution >= 0.6 is 0 Å². The molecule has 2 heteroatoms. The molecule has 0 aliphatic heterocycles. The maximum atomic E-state index is 10.1. The Balaban J connectivity index is 3.66. The third-order valence-corrected chi connectivity index (χ3v) is 2.25. The highest BCUT2D eigenvalue weighted by Gasteiger charge is 2.11. The fourth-order valence-electron chi connectivity index (χ4n) is 1.09. The van der Waals surface area contributed by atoms with Crippen LogP contribution in [0.3, 0.4) is 0 Å². The van der Waals surface area contributed by atoms with Crippen molar-refractivity contribution in [1.82, 2.24) is 0 Å². The van der Waals surface area contributed by atoms with Crippen molar-refractivity contribution in [2.24, 2.45) is 5.92 Å². The Kier molecular flexibility index (Phi) is 6.29. The zero-order valence-electron chi connectivity index (χ0n) is 9.04. The molecule has 76 valence electrons. The molecule has 0 aromatic rings. The fraction of sp³-hybridized carbons (Fsp3) is 0.727. The summed E-state index contributed by atoms with van der Waals surface area (Å²) in [6.07, 6.45) is 4.38. The number of allylic oxidation sites excluding steroid dienone is 2. The molecule has 0 aromatic carbocycles. The molecule has 0 fully saturated rings. The highest BCUT2D eigenvalue weighted by molar-refractivity contribution is 5.37. The van der Waals surface area contributed by atoms with Crippen molar-refractivity contribution in [3.05, 3.63) is 11.6 Å². The molecule has 0 unspecified atom stereocenters. The predicted molar refractivity (Wildman–Crippen MR) is 54.4 cm³/mol. The summed E-state index contributed by atoms with van der Waals surface area (Å²) in [5.41, 5.74) is 1.34. The molecule has 0 aliphatic rings. The summed E-state index contributed by atoms with van der Waals surface area (Å²) in [4.78, 5) is 10.1. The number of hydrogen-bond donors (Lipinski definition) is 0. The zero-order valence-corrected chi connectivity index (χ0v) is 9.04. The van der Waals surface area contributed by atoms with E-state index in [1.165, 1.54) is 5.57 Å². The Morgan fingerprint density at radius 1 is 1.38 bits per heavy atom. The Morgan fingerprint density at radius 2 is 2.00 bits per heavy atom. The summed E-state index contributed by atoms with van der Waals surface area (Å²) in [5.74, 6) is 0.431. The smallest absolute Gasteiger partial charge is 0.293 e. The lowest BCUT2D eigenvalue weighted by molar-refractivity contribution is -0.134. The number of carbonyl (C=O) groups is 1. The van der Waals surface area contributed by atoms with Crippen molar-refractivity contribution in [1.29, 1.82) is 0 Å². The van der Waals surface area contributed by atoms with Crippen LogP contribution in [0.1, 0.15) is 40.5 Å². The van der Waals surface area contributed by atoms with Crippen molar-refractivity contribution in [2.75, 3.05) is 0 Å². The first kappa shape index (κ1) is 12.2. The van der Waals surface area contributed by atoms with Crippen molar-refractivity contribution in [2.45, 2.75) is 46.6 Å². The minimum atomic E-state index is 0.0306. The minimum absolute atomic E-state index is 0.0306. The molecule has 0 saturated carbocycles. The average Bonchev–Trinajstić information content (AvgIpc) is 2.04. The Morgan fingerprint density at radius 3 is 2.46 bits per heavy atom. The first-order valence-corrected chi connectivity index (χ1v) is 4.80. The molecule has 2 atom stereocenters. The second-order valence-corrected chi connectivity index (χ2v) is 3.77. The van der Waals surface area contributed by atoms with E-state index in [0.717, 1.165) is 12.8 Å². The third kappa shape index (κ3) is 6.38. The van der Waals surface area contributed by atoms with Crippen molar-refractivity contribution in [3.8, 4) is 0 Å². The van der Waals surface area contributed by atoms with Gasteiger partial charge in [0.25, 0.3) is 6.47 Å². The van der Waals surface area contributed by atoms with E-state index in [1.807, 2.05) is 6.92 Å². The minimum Gasteiger partial charge on any atom is -0.465 e. The first-order chi connectivity index (χ1) is 6.07. The third-order valence-electron chi connectivity index (χ3n) is 2.25. The summed E-state index contributed by atoms with van der Waals surface area (Å²) >= 11 is 0. The topological polar surface area (TPSA) is 26.3 Å². The monoisotopic (exact) mass is 184 g/mol. The van der Waals surface area contributed by atoms with Gasteiger partial charge in [-0.15, -0.1) is 0 Å². The van der Waals surface area contributed by atoms with Crippen molar-refractivity contribution < 1.29 is 9.53 Å². The van der Waals surface area contributed by atoms with Crippen LogP contribution in [0.15, 0.2) is 11.6 Å². The predicted octanol–water partition coefficient (Wildman–Crippen LogP) is 2.93. The number of carbonyl (C=O) groups excluding carboxylic acids is 1. The summed E-state index contributed by atoms with van der Waals surface area (Å²) in [6.45, 7) is 8.75. The lowest BCUT2D eigenvalue weighted by atomic mass is 9.99. The Bertz CT molecular complexity index is 169. The molecule has 0 rings (SSSR count). The maximum Gasteiger partial charge on any atom is 0.293 e. The van der Waals surface area contributed by atoms with Crippen LogP contribution in [0.25, 0.3) is 0 Å². The van der Waals surface area contributed by atoms with E-state index in [9.17, 15) is 4.79 Å². The number of rotatable bonds is 6. The van der Waals surface area contributed by atoms with Crippen LogP contribution in [0.4, 0.5) is 0 Å². The summed E-state index contributed by atoms with van der Waals surface area (Å²) in [6, 6.07) is 0. The lowest BCUT2D eigenvalue weighted by Gasteiger charge is -2.17. The Labute approximate surface area is 81.0 Å². The molecule has 0 heterocycles. The van der Waals surface area contributed by atoms with Crippen LogP contribution in [0, 0.1) is 5.92 Å². The molecule has 13 heavy (non-hydrogen) atoms. The molecule has 0 saturated heterocycles. The highest BCUT2D eigenvalue weighted by atomic mass is 16.5. The molecular formula is C11H20O2. The normalized spacial score (nSPS) is 14.5. The molecule has 0 spiro atoms. The van der Waals surface area contributed by atoms with E-state index in [1.54, 1.807) is 0 Å². The summed E-state index contributed by atoms with van der Waals surface area (Å²) < 4.78 is 4.86. The second-order valence-electron chi connectivity index (χ2n) is 3.77. The molecule has 2 nitrogen and oxygen atoms in total. The number of ether oxygens (including phenoxy) is 1. The van der Waals surface area contributed by atoms with E-state index in [4.69, 9.17) is 4.74 Å². The Hall–Kier alpha value is -0.790. The lowest BCUT2D eigenvalue weighted by Crippen LogP contribution is -2.17. The standard InChI is InChI=1S/C11H20O2/c1-9(2)6-5-7-10(3)11(4)13-8-12/h6,8,10-11H,5,7H2,1-4H3/t10-,11-/m1/s1. The maximum absolute atomic E-state index is 10.1. The van der Waals surface area contributed by atoms with Gasteiger partial charge in [0.15, 0.2) is 0 Å². The van der Waals surface area contributed by atoms with Gasteiger partial charge in [-0.05, 0) is 39.5 Å². The SMILES string of the molecule is CC(C)=CCC[C@@H](C)[C@@H](C)OC=O. The number of hydrogen-bond acceptors (Lipinski definition) is 2. The summed E-state index contributed by atoms with van der Waals surface area (Å²) in [7, 11) is 0. The van der Waals surface area contributed by atoms with Gasteiger partial charge in [-0.3, -0.25) is 4.79 Å². The van der Waals surface area contributed by atoms with Gasteiger partial charge in [-0.1, -0.05) is 18.6 Å². The second kappa shape index (κ2) is 6.70. The van der Waals surface area contributed by atoms with E-state index in [2.05, 4.69) is 26.8 Å². The molecule has 0 bridgehead atoms. The van der Waals surface area contributed by atoms with Crippen LogP contribution in [0.2, 0.25) is 0 Å². The van der Waals surface area contributed by atoms with Crippen molar-refractivity contribution in [3.63, 3.8) is 0 Å². The summed E-state index contributed by atoms with van der Waals surface area (Å²) in [5, 5.41) is 0. The van der Waals surface area contributed by atoms with Gasteiger partial charge in [0.05, 0.1) is 0 Å². The fourth-order valence-corrected chi connectivity index (χ4v) is 1.09. The van der Waals surface area contributed by atoms with Gasteiger partial charge in [-0.25, -0.2) is 0 Å². The van der Waals surface area contributed by atoms with Crippen LogP contribution < -0.4 is 0 Å². The molecular weight excluding hydrogens is 164 g/mol. The van der Waals surface area contributed by atoms with Gasteiger partial charge in [0.1, 0.15) is 6.10 Å². The average molecular weight is 184 g/mol. The van der Waals surface area contributed by atoms with Crippen LogP contribution in [0.5, 0.6) is 0 Å². The zero-order chi connectivity index (χ0) is 10.3. The molecule has 0 amide bonds. The molecule has 0 aromatic heterocycles. The molecule has 0 radical (unpaired) electrons. The van der Waals surface area contributed by atoms with Gasteiger partial charge < -0.3 is 4.74 Å². The van der Waals surface area contributed by atoms with Crippen LogP contribution in [-0.4, -0.2) is 12.6 Å². The van der Waals surface area contributed by atoms with Crippen LogP contribution in [-0.2, 0) is 9.53 Å². The first-order valence-electron chi connectivity index (χ1n) is 4.80. The van der Waals surface area contributed by atoms with Gasteiger partial charge in [-0.2, -0.15) is 0 Å². The van der Waals surface area contributed by atoms with E-state index in [0.29, 0.717) is 12.4 Å². The quantitative estimate of drug-likeness (QED) is 0.468. The van der Waals surface area contributed by atoms with Gasteiger partial charge in [0, 0.05) is 0 Å². The van der Waals surface area contributed by atoms with E-state index < -0.39 is 0 Å². The molecule has 0 aliphatic carbocycles. The van der Waals surface area contributed by atoms with E-state index in [-0.39, 0.29) is 6.10 Å². The van der Waals surface area contributed by atoms with Gasteiger partial charge in [0.2, 0.25) is 0 Å². The van der Waals surface area contributed by atoms with Crippen molar-refractivity contribution >= 4 is 6.47 Å². The largest absolute Gasteiger partial charge is 0.465 e. The highest BCUT2D eigenvalue weighted by Crippen LogP contribution is 2.13. The van der Waals surface area contributed by atoms with Gasteiger partial charge >= 0.3 is 0 Å². The van der Waals surface area contributed by atoms with E-state index >= 15 is 0 Å².